The average Bonchev–Trinajstić information content (AvgIpc) is 2.80. The van der Waals surface area contributed by atoms with E-state index >= 15 is 0 Å². The van der Waals surface area contributed by atoms with E-state index in [-0.39, 0.29) is 25.0 Å². The van der Waals surface area contributed by atoms with Gasteiger partial charge < -0.3 is 9.64 Å². The second-order valence-electron chi connectivity index (χ2n) is 4.36. The lowest BCUT2D eigenvalue weighted by Gasteiger charge is -2.23. The lowest BCUT2D eigenvalue weighted by molar-refractivity contribution is -0.142. The van der Waals surface area contributed by atoms with Gasteiger partial charge in [-0.15, -0.1) is 11.3 Å². The molecule has 1 rings (SSSR count). The van der Waals surface area contributed by atoms with Crippen molar-refractivity contribution in [3.63, 3.8) is 0 Å². The summed E-state index contributed by atoms with van der Waals surface area (Å²) in [6, 6.07) is 3.98. The molecule has 0 bridgehead atoms. The van der Waals surface area contributed by atoms with E-state index in [1.165, 1.54) is 7.11 Å². The Labute approximate surface area is 131 Å². The molecule has 1 aromatic rings. The highest BCUT2D eigenvalue weighted by Gasteiger charge is 2.16. The molecule has 0 radical (unpaired) electrons. The summed E-state index contributed by atoms with van der Waals surface area (Å²) >= 11 is 5.03. The van der Waals surface area contributed by atoms with Crippen LogP contribution in [0.3, 0.4) is 0 Å². The first-order chi connectivity index (χ1) is 9.46. The van der Waals surface area contributed by atoms with Gasteiger partial charge in [0.15, 0.2) is 0 Å². The van der Waals surface area contributed by atoms with Crippen LogP contribution in [0.5, 0.6) is 0 Å². The number of carbonyl (C=O) groups is 2. The van der Waals surface area contributed by atoms with E-state index in [0.29, 0.717) is 13.1 Å². The molecule has 1 aromatic heterocycles. The molecule has 1 amide bonds. The lowest BCUT2D eigenvalue weighted by Crippen LogP contribution is -2.40. The summed E-state index contributed by atoms with van der Waals surface area (Å²) in [5.41, 5.74) is 0. The van der Waals surface area contributed by atoms with Crippen LogP contribution in [0, 0.1) is 0 Å². The second kappa shape index (κ2) is 8.39. The summed E-state index contributed by atoms with van der Waals surface area (Å²) in [7, 11) is 3.06. The number of halogens is 1. The van der Waals surface area contributed by atoms with Crippen molar-refractivity contribution in [2.45, 2.75) is 13.5 Å². The normalized spacial score (nSPS) is 10.7. The van der Waals surface area contributed by atoms with E-state index < -0.39 is 0 Å². The van der Waals surface area contributed by atoms with Gasteiger partial charge in [-0.05, 0) is 42.0 Å². The zero-order valence-electron chi connectivity index (χ0n) is 11.9. The third kappa shape index (κ3) is 5.60. The number of ether oxygens (including phenoxy) is 1. The van der Waals surface area contributed by atoms with Crippen LogP contribution in [0.4, 0.5) is 0 Å². The van der Waals surface area contributed by atoms with E-state index in [9.17, 15) is 9.59 Å². The number of hydrogen-bond acceptors (Lipinski definition) is 5. The third-order valence-electron chi connectivity index (χ3n) is 2.74. The maximum absolute atomic E-state index is 12.2. The molecule has 0 N–H and O–H groups in total. The number of esters is 1. The van der Waals surface area contributed by atoms with Gasteiger partial charge in [0, 0.05) is 11.4 Å². The molecule has 0 aliphatic rings. The number of hydrogen-bond donors (Lipinski definition) is 0. The van der Waals surface area contributed by atoms with Crippen LogP contribution >= 0.6 is 27.3 Å². The van der Waals surface area contributed by atoms with Crippen LogP contribution in [0.25, 0.3) is 0 Å². The molecule has 0 saturated heterocycles. The quantitative estimate of drug-likeness (QED) is 0.695. The monoisotopic (exact) mass is 362 g/mol. The molecule has 7 heteroatoms. The molecule has 112 valence electrons. The summed E-state index contributed by atoms with van der Waals surface area (Å²) in [5.74, 6) is -0.339. The topological polar surface area (TPSA) is 49.9 Å². The Balaban J connectivity index is 2.52. The van der Waals surface area contributed by atoms with Crippen molar-refractivity contribution in [2.75, 3.05) is 33.8 Å². The number of amides is 1. The molecule has 5 nitrogen and oxygen atoms in total. The molecule has 0 fully saturated rings. The minimum atomic E-state index is -0.342. The molecule has 0 atom stereocenters. The van der Waals surface area contributed by atoms with Gasteiger partial charge >= 0.3 is 5.97 Å². The highest BCUT2D eigenvalue weighted by atomic mass is 79.9. The Morgan fingerprint density at radius 1 is 1.35 bits per heavy atom. The van der Waals surface area contributed by atoms with Crippen LogP contribution in [-0.2, 0) is 20.9 Å². The molecule has 0 aliphatic carbocycles. The maximum atomic E-state index is 12.2. The molecule has 20 heavy (non-hydrogen) atoms. The van der Waals surface area contributed by atoms with Crippen molar-refractivity contribution in [1.29, 1.82) is 0 Å². The highest BCUT2D eigenvalue weighted by Crippen LogP contribution is 2.23. The van der Waals surface area contributed by atoms with E-state index in [1.54, 1.807) is 28.2 Å². The Bertz CT molecular complexity index is 464. The van der Waals surface area contributed by atoms with Crippen molar-refractivity contribution in [3.8, 4) is 0 Å². The number of nitrogens with zero attached hydrogens (tertiary/aromatic N) is 2. The van der Waals surface area contributed by atoms with Crippen molar-refractivity contribution < 1.29 is 14.3 Å². The molecule has 0 saturated carbocycles. The first-order valence-corrected chi connectivity index (χ1v) is 7.84. The fourth-order valence-corrected chi connectivity index (χ4v) is 3.17. The summed E-state index contributed by atoms with van der Waals surface area (Å²) in [6.07, 6.45) is 0. The van der Waals surface area contributed by atoms with Gasteiger partial charge in [-0.2, -0.15) is 0 Å². The van der Waals surface area contributed by atoms with Crippen molar-refractivity contribution in [3.05, 3.63) is 20.8 Å². The number of likely N-dealkylation sites (N-methyl/N-ethyl adjacent to an activating group) is 2. The van der Waals surface area contributed by atoms with Crippen molar-refractivity contribution >= 4 is 39.1 Å². The largest absolute Gasteiger partial charge is 0.468 e. The van der Waals surface area contributed by atoms with E-state index in [2.05, 4.69) is 20.7 Å². The van der Waals surface area contributed by atoms with Gasteiger partial charge in [-0.25, -0.2) is 0 Å². The van der Waals surface area contributed by atoms with Gasteiger partial charge in [-0.3, -0.25) is 14.5 Å². The second-order valence-corrected chi connectivity index (χ2v) is 6.91. The highest BCUT2D eigenvalue weighted by molar-refractivity contribution is 9.11. The van der Waals surface area contributed by atoms with Gasteiger partial charge in [0.2, 0.25) is 5.91 Å². The van der Waals surface area contributed by atoms with E-state index in [0.717, 1.165) is 8.66 Å². The van der Waals surface area contributed by atoms with Crippen LogP contribution in [0.2, 0.25) is 0 Å². The standard InChI is InChI=1S/C13H19BrN2O3S/c1-4-16(7-10-5-6-11(14)20-10)12(17)8-15(2)9-13(18)19-3/h5-6H,4,7-9H2,1-3H3. The van der Waals surface area contributed by atoms with Crippen LogP contribution in [0.15, 0.2) is 15.9 Å². The Morgan fingerprint density at radius 3 is 2.55 bits per heavy atom. The molecule has 0 aliphatic heterocycles. The average molecular weight is 363 g/mol. The predicted octanol–water partition coefficient (Wildman–Crippen LogP) is 1.96. The summed E-state index contributed by atoms with van der Waals surface area (Å²) < 4.78 is 5.63. The Kier molecular flexibility index (Phi) is 7.18. The first-order valence-electron chi connectivity index (χ1n) is 6.23. The number of carbonyl (C=O) groups excluding carboxylic acids is 2. The van der Waals surface area contributed by atoms with Crippen LogP contribution in [-0.4, -0.2) is 55.5 Å². The maximum Gasteiger partial charge on any atom is 0.319 e. The molecule has 0 aromatic carbocycles. The van der Waals surface area contributed by atoms with Gasteiger partial charge in [0.25, 0.3) is 0 Å². The van der Waals surface area contributed by atoms with E-state index in [4.69, 9.17) is 0 Å². The number of methoxy groups -OCH3 is 1. The Hall–Kier alpha value is -0.920. The fraction of sp³-hybridized carbons (Fsp3) is 0.538. The summed E-state index contributed by atoms with van der Waals surface area (Å²) in [6.45, 7) is 3.50. The van der Waals surface area contributed by atoms with E-state index in [1.807, 2.05) is 19.1 Å². The van der Waals surface area contributed by atoms with Gasteiger partial charge in [0.05, 0.1) is 30.5 Å². The van der Waals surface area contributed by atoms with Crippen molar-refractivity contribution in [2.24, 2.45) is 0 Å². The van der Waals surface area contributed by atoms with Gasteiger partial charge in [-0.1, -0.05) is 0 Å². The SMILES string of the molecule is CCN(Cc1ccc(Br)s1)C(=O)CN(C)CC(=O)OC. The summed E-state index contributed by atoms with van der Waals surface area (Å²) in [5, 5.41) is 0. The number of rotatable bonds is 7. The fourth-order valence-electron chi connectivity index (χ4n) is 1.67. The van der Waals surface area contributed by atoms with Crippen LogP contribution in [0.1, 0.15) is 11.8 Å². The van der Waals surface area contributed by atoms with Gasteiger partial charge in [0.1, 0.15) is 0 Å². The summed E-state index contributed by atoms with van der Waals surface area (Å²) in [4.78, 5) is 27.9. The van der Waals surface area contributed by atoms with Crippen LogP contribution < -0.4 is 0 Å². The zero-order chi connectivity index (χ0) is 15.1. The third-order valence-corrected chi connectivity index (χ3v) is 4.35. The molecule has 1 heterocycles. The molecular weight excluding hydrogens is 344 g/mol. The minimum absolute atomic E-state index is 0.00317. The lowest BCUT2D eigenvalue weighted by atomic mass is 10.3. The zero-order valence-corrected chi connectivity index (χ0v) is 14.3. The predicted molar refractivity (Wildman–Crippen MR) is 82.6 cm³/mol. The number of thiophene rings is 1. The molecule has 0 unspecified atom stereocenters. The molecule has 0 spiro atoms. The Morgan fingerprint density at radius 2 is 2.05 bits per heavy atom. The minimum Gasteiger partial charge on any atom is -0.468 e. The first kappa shape index (κ1) is 17.1. The molecular formula is C13H19BrN2O3S. The smallest absolute Gasteiger partial charge is 0.319 e. The van der Waals surface area contributed by atoms with Crippen molar-refractivity contribution in [1.82, 2.24) is 9.80 Å².